The van der Waals surface area contributed by atoms with E-state index < -0.39 is 0 Å². The van der Waals surface area contributed by atoms with Crippen molar-refractivity contribution in [3.63, 3.8) is 0 Å². The fraction of sp³-hybridized carbons (Fsp3) is 0.231. The van der Waals surface area contributed by atoms with Gasteiger partial charge in [0.05, 0.1) is 26.6 Å². The molecule has 0 aliphatic heterocycles. The lowest BCUT2D eigenvalue weighted by Gasteiger charge is -2.17. The van der Waals surface area contributed by atoms with E-state index >= 15 is 0 Å². The molecule has 0 atom stereocenters. The smallest absolute Gasteiger partial charge is 0.127 e. The van der Waals surface area contributed by atoms with E-state index in [9.17, 15) is 5.11 Å². The molecule has 2 aromatic carbocycles. The highest BCUT2D eigenvalue weighted by molar-refractivity contribution is 5.86. The van der Waals surface area contributed by atoms with E-state index in [1.807, 2.05) is 36.4 Å². The number of allylic oxidation sites excluding steroid dienone is 1. The molecule has 2 rings (SSSR count). The van der Waals surface area contributed by atoms with Crippen molar-refractivity contribution in [2.45, 2.75) is 19.3 Å². The Morgan fingerprint density at radius 3 is 2.10 bits per heavy atom. The summed E-state index contributed by atoms with van der Waals surface area (Å²) in [7, 11) is 3.27. The molecule has 0 aromatic heterocycles. The summed E-state index contributed by atoms with van der Waals surface area (Å²) in [5.74, 6) is 2.40. The minimum Gasteiger partial charge on any atom is -0.513 e. The first-order chi connectivity index (χ1) is 14.5. The van der Waals surface area contributed by atoms with Crippen LogP contribution >= 0.6 is 0 Å². The lowest BCUT2D eigenvalue weighted by atomic mass is 9.94. The highest BCUT2D eigenvalue weighted by atomic mass is 16.5. The van der Waals surface area contributed by atoms with Gasteiger partial charge in [0.1, 0.15) is 17.2 Å². The zero-order valence-corrected chi connectivity index (χ0v) is 18.1. The summed E-state index contributed by atoms with van der Waals surface area (Å²) in [6, 6.07) is 11.5. The van der Waals surface area contributed by atoms with Crippen molar-refractivity contribution in [2.24, 2.45) is 0 Å². The zero-order chi connectivity index (χ0) is 22.5. The monoisotopic (exact) mass is 408 g/mol. The van der Waals surface area contributed by atoms with Crippen LogP contribution in [-0.2, 0) is 0 Å². The molecular weight excluding hydrogens is 376 g/mol. The van der Waals surface area contributed by atoms with Gasteiger partial charge in [-0.1, -0.05) is 31.9 Å². The average Bonchev–Trinajstić information content (AvgIpc) is 2.79. The SMILES string of the molecule is C=C.C=Cc1ccc(OC)cc1C(=C)c1cc(OC)ccc1OCCCCC(=C)O. The van der Waals surface area contributed by atoms with E-state index in [0.29, 0.717) is 13.0 Å². The van der Waals surface area contributed by atoms with E-state index in [1.165, 1.54) is 0 Å². The van der Waals surface area contributed by atoms with E-state index in [1.54, 1.807) is 20.3 Å². The summed E-state index contributed by atoms with van der Waals surface area (Å²) in [4.78, 5) is 0. The fourth-order valence-electron chi connectivity index (χ4n) is 2.86. The number of aliphatic hydroxyl groups is 1. The Hall–Kier alpha value is -3.40. The minimum absolute atomic E-state index is 0.202. The van der Waals surface area contributed by atoms with Gasteiger partial charge in [-0.25, -0.2) is 0 Å². The summed E-state index contributed by atoms with van der Waals surface area (Å²) in [6.07, 6.45) is 4.01. The van der Waals surface area contributed by atoms with E-state index in [0.717, 1.165) is 52.4 Å². The van der Waals surface area contributed by atoms with E-state index in [-0.39, 0.29) is 5.76 Å². The molecule has 0 heterocycles. The maximum absolute atomic E-state index is 9.18. The molecule has 0 aliphatic rings. The first kappa shape index (κ1) is 24.6. The first-order valence-corrected chi connectivity index (χ1v) is 9.67. The molecule has 0 aliphatic carbocycles. The van der Waals surface area contributed by atoms with Gasteiger partial charge in [-0.3, -0.25) is 0 Å². The first-order valence-electron chi connectivity index (χ1n) is 9.67. The predicted molar refractivity (Wildman–Crippen MR) is 127 cm³/mol. The molecule has 0 fully saturated rings. The van der Waals surface area contributed by atoms with Crippen molar-refractivity contribution in [1.82, 2.24) is 0 Å². The van der Waals surface area contributed by atoms with Crippen LogP contribution in [-0.4, -0.2) is 25.9 Å². The van der Waals surface area contributed by atoms with Gasteiger partial charge >= 0.3 is 0 Å². The lowest BCUT2D eigenvalue weighted by molar-refractivity contribution is 0.299. The van der Waals surface area contributed by atoms with Gasteiger partial charge in [0, 0.05) is 12.0 Å². The van der Waals surface area contributed by atoms with Gasteiger partial charge in [0.25, 0.3) is 0 Å². The maximum Gasteiger partial charge on any atom is 0.127 e. The third-order valence-corrected chi connectivity index (χ3v) is 4.43. The summed E-state index contributed by atoms with van der Waals surface area (Å²) in [6.45, 7) is 18.2. The van der Waals surface area contributed by atoms with Crippen molar-refractivity contribution in [3.05, 3.63) is 91.7 Å². The third-order valence-electron chi connectivity index (χ3n) is 4.43. The molecule has 1 N–H and O–H groups in total. The Bertz CT molecular complexity index is 867. The van der Waals surface area contributed by atoms with Crippen molar-refractivity contribution in [2.75, 3.05) is 20.8 Å². The van der Waals surface area contributed by atoms with Gasteiger partial charge in [0.15, 0.2) is 0 Å². The zero-order valence-electron chi connectivity index (χ0n) is 18.1. The van der Waals surface area contributed by atoms with Crippen LogP contribution in [0.5, 0.6) is 17.2 Å². The molecular formula is C26H32O4. The normalized spacial score (nSPS) is 9.67. The summed E-state index contributed by atoms with van der Waals surface area (Å²) in [5, 5.41) is 9.18. The second-order valence-electron chi connectivity index (χ2n) is 6.37. The topological polar surface area (TPSA) is 47.9 Å². The van der Waals surface area contributed by atoms with Crippen LogP contribution in [0.15, 0.2) is 75.1 Å². The maximum atomic E-state index is 9.18. The van der Waals surface area contributed by atoms with Crippen molar-refractivity contribution < 1.29 is 19.3 Å². The number of hydrogen-bond acceptors (Lipinski definition) is 4. The standard InChI is InChI=1S/C24H28O4.C2H4/c1-6-19-10-11-20(26-4)15-22(19)18(3)23-16-21(27-5)12-13-24(23)28-14-8-7-9-17(2)25;1-2/h6,10-13,15-16,25H,1-3,7-9,14H2,4-5H3;1-2H2. The highest BCUT2D eigenvalue weighted by Crippen LogP contribution is 2.36. The van der Waals surface area contributed by atoms with Gasteiger partial charge in [-0.2, -0.15) is 0 Å². The third kappa shape index (κ3) is 6.89. The molecule has 0 saturated heterocycles. The van der Waals surface area contributed by atoms with Gasteiger partial charge in [0.2, 0.25) is 0 Å². The molecule has 0 bridgehead atoms. The molecule has 0 saturated carbocycles. The summed E-state index contributed by atoms with van der Waals surface area (Å²) in [5.41, 5.74) is 3.53. The summed E-state index contributed by atoms with van der Waals surface area (Å²) < 4.78 is 16.8. The van der Waals surface area contributed by atoms with Crippen molar-refractivity contribution in [1.29, 1.82) is 0 Å². The van der Waals surface area contributed by atoms with Crippen molar-refractivity contribution >= 4 is 11.6 Å². The minimum atomic E-state index is 0.202. The molecule has 4 nitrogen and oxygen atoms in total. The summed E-state index contributed by atoms with van der Waals surface area (Å²) >= 11 is 0. The average molecular weight is 409 g/mol. The Labute approximate surface area is 180 Å². The van der Waals surface area contributed by atoms with Gasteiger partial charge in [-0.05, 0) is 59.9 Å². The molecule has 0 spiro atoms. The highest BCUT2D eigenvalue weighted by Gasteiger charge is 2.14. The Morgan fingerprint density at radius 1 is 0.933 bits per heavy atom. The number of unbranched alkanes of at least 4 members (excludes halogenated alkanes) is 1. The van der Waals surface area contributed by atoms with Crippen LogP contribution in [0.3, 0.4) is 0 Å². The fourth-order valence-corrected chi connectivity index (χ4v) is 2.86. The Morgan fingerprint density at radius 2 is 1.53 bits per heavy atom. The van der Waals surface area contributed by atoms with E-state index in [4.69, 9.17) is 14.2 Å². The Kier molecular flexibility index (Phi) is 10.6. The van der Waals surface area contributed by atoms with Crippen molar-refractivity contribution in [3.8, 4) is 17.2 Å². The molecule has 4 heteroatoms. The van der Waals surface area contributed by atoms with Crippen LogP contribution in [0.2, 0.25) is 0 Å². The number of ether oxygens (including phenoxy) is 3. The Balaban J connectivity index is 0.00000218. The lowest BCUT2D eigenvalue weighted by Crippen LogP contribution is -2.02. The van der Waals surface area contributed by atoms with Crippen LogP contribution in [0.25, 0.3) is 11.6 Å². The van der Waals surface area contributed by atoms with Gasteiger partial charge in [-0.15, -0.1) is 13.2 Å². The van der Waals surface area contributed by atoms with Crippen LogP contribution in [0.4, 0.5) is 0 Å². The largest absolute Gasteiger partial charge is 0.513 e. The molecule has 160 valence electrons. The van der Waals surface area contributed by atoms with Crippen LogP contribution in [0, 0.1) is 0 Å². The number of rotatable bonds is 11. The van der Waals surface area contributed by atoms with Gasteiger partial charge < -0.3 is 19.3 Å². The second kappa shape index (κ2) is 12.9. The number of benzene rings is 2. The molecule has 0 unspecified atom stereocenters. The molecule has 2 aromatic rings. The quantitative estimate of drug-likeness (QED) is 0.251. The molecule has 30 heavy (non-hydrogen) atoms. The number of methoxy groups -OCH3 is 2. The second-order valence-corrected chi connectivity index (χ2v) is 6.37. The predicted octanol–water partition coefficient (Wildman–Crippen LogP) is 6.83. The van der Waals surface area contributed by atoms with Crippen LogP contribution < -0.4 is 14.2 Å². The number of aliphatic hydroxyl groups excluding tert-OH is 1. The molecule has 0 amide bonds. The molecule has 0 radical (unpaired) electrons. The number of hydrogen-bond donors (Lipinski definition) is 1. The van der Waals surface area contributed by atoms with Crippen LogP contribution in [0.1, 0.15) is 36.0 Å². The van der Waals surface area contributed by atoms with E-state index in [2.05, 4.69) is 32.9 Å².